The molecule has 2 fully saturated rings. The molecule has 0 aliphatic carbocycles. The van der Waals surface area contributed by atoms with E-state index in [9.17, 15) is 19.5 Å². The van der Waals surface area contributed by atoms with Crippen LogP contribution in [0.25, 0.3) is 0 Å². The first-order chi connectivity index (χ1) is 21.1. The maximum atomic E-state index is 13.2. The molecule has 9 nitrogen and oxygen atoms in total. The average molecular weight is 599 g/mol. The third-order valence-electron chi connectivity index (χ3n) is 8.29. The van der Waals surface area contributed by atoms with Gasteiger partial charge in [-0.3, -0.25) is 19.3 Å². The van der Waals surface area contributed by atoms with E-state index in [0.29, 0.717) is 35.3 Å². The first kappa shape index (κ1) is 30.1. The molecule has 4 atom stereocenters. The fourth-order valence-electron chi connectivity index (χ4n) is 6.21. The van der Waals surface area contributed by atoms with Gasteiger partial charge < -0.3 is 19.3 Å². The Morgan fingerprint density at radius 2 is 1.64 bits per heavy atom. The zero-order valence-corrected chi connectivity index (χ0v) is 25.3. The van der Waals surface area contributed by atoms with E-state index in [1.54, 1.807) is 42.5 Å². The number of aliphatic hydroxyl groups excluding tert-OH is 1. The van der Waals surface area contributed by atoms with Gasteiger partial charge in [-0.15, -0.1) is 0 Å². The van der Waals surface area contributed by atoms with Gasteiger partial charge in [0.1, 0.15) is 11.6 Å². The number of hydrogen-bond donors (Lipinski definition) is 1. The highest BCUT2D eigenvalue weighted by Crippen LogP contribution is 2.40. The number of ether oxygens (including phenoxy) is 3. The second-order valence-corrected chi connectivity index (χ2v) is 12.6. The summed E-state index contributed by atoms with van der Waals surface area (Å²) in [6.45, 7) is 6.86. The maximum absolute atomic E-state index is 13.2. The summed E-state index contributed by atoms with van der Waals surface area (Å²) < 4.78 is 18.8. The Morgan fingerprint density at radius 3 is 2.30 bits per heavy atom. The number of imide groups is 1. The van der Waals surface area contributed by atoms with Crippen LogP contribution in [0.1, 0.15) is 89.8 Å². The number of likely N-dealkylation sites (tertiary alicyclic amines) is 1. The number of anilines is 1. The van der Waals surface area contributed by atoms with Gasteiger partial charge in [-0.1, -0.05) is 48.5 Å². The first-order valence-electron chi connectivity index (χ1n) is 15.2. The highest BCUT2D eigenvalue weighted by Gasteiger charge is 2.40. The average Bonchev–Trinajstić information content (AvgIpc) is 3.58. The fourth-order valence-corrected chi connectivity index (χ4v) is 6.21. The van der Waals surface area contributed by atoms with Gasteiger partial charge in [0, 0.05) is 18.5 Å². The van der Waals surface area contributed by atoms with Gasteiger partial charge in [0.25, 0.3) is 11.8 Å². The summed E-state index contributed by atoms with van der Waals surface area (Å²) in [6, 6.07) is 21.3. The molecule has 44 heavy (non-hydrogen) atoms. The highest BCUT2D eigenvalue weighted by atomic mass is 16.7. The lowest BCUT2D eigenvalue weighted by molar-refractivity contribution is -0.253. The molecule has 3 aliphatic rings. The number of rotatable bonds is 7. The van der Waals surface area contributed by atoms with Crippen LogP contribution in [0.4, 0.5) is 5.69 Å². The smallest absolute Gasteiger partial charge is 0.323 e. The van der Waals surface area contributed by atoms with Crippen molar-refractivity contribution in [2.75, 3.05) is 18.0 Å². The molecular weight excluding hydrogens is 560 g/mol. The molecule has 3 aromatic rings. The summed E-state index contributed by atoms with van der Waals surface area (Å²) in [6.07, 6.45) is 0.805. The van der Waals surface area contributed by atoms with Crippen molar-refractivity contribution < 1.29 is 33.7 Å². The zero-order valence-electron chi connectivity index (χ0n) is 25.3. The Labute approximate surface area is 257 Å². The minimum atomic E-state index is -0.783. The Hall–Kier alpha value is -3.89. The topological polar surface area (TPSA) is 106 Å². The van der Waals surface area contributed by atoms with E-state index in [4.69, 9.17) is 14.2 Å². The molecule has 3 heterocycles. The van der Waals surface area contributed by atoms with Crippen molar-refractivity contribution in [3.63, 3.8) is 0 Å². The monoisotopic (exact) mass is 598 g/mol. The third kappa shape index (κ3) is 6.19. The molecule has 0 radical (unpaired) electrons. The van der Waals surface area contributed by atoms with Gasteiger partial charge in [-0.2, -0.15) is 0 Å². The number of benzene rings is 3. The van der Waals surface area contributed by atoms with E-state index in [1.165, 1.54) is 4.90 Å². The third-order valence-corrected chi connectivity index (χ3v) is 8.29. The van der Waals surface area contributed by atoms with Crippen molar-refractivity contribution in [2.24, 2.45) is 0 Å². The fraction of sp³-hybridized carbons (Fsp3) is 0.400. The number of hydrogen-bond acceptors (Lipinski definition) is 8. The van der Waals surface area contributed by atoms with Crippen molar-refractivity contribution in [1.82, 2.24) is 4.90 Å². The normalized spacial score (nSPS) is 24.0. The van der Waals surface area contributed by atoms with Crippen LogP contribution in [0.15, 0.2) is 72.8 Å². The van der Waals surface area contributed by atoms with E-state index < -0.39 is 11.9 Å². The molecule has 0 aromatic heterocycles. The van der Waals surface area contributed by atoms with Gasteiger partial charge in [0.2, 0.25) is 0 Å². The molecule has 0 unspecified atom stereocenters. The lowest BCUT2D eigenvalue weighted by Gasteiger charge is -2.39. The second kappa shape index (κ2) is 12.2. The minimum Gasteiger partial charge on any atom is -0.459 e. The van der Waals surface area contributed by atoms with Gasteiger partial charge in [0.15, 0.2) is 6.29 Å². The lowest BCUT2D eigenvalue weighted by Crippen LogP contribution is -2.45. The van der Waals surface area contributed by atoms with Gasteiger partial charge in [-0.25, -0.2) is 4.90 Å². The summed E-state index contributed by atoms with van der Waals surface area (Å²) in [4.78, 5) is 42.7. The van der Waals surface area contributed by atoms with Crippen molar-refractivity contribution in [2.45, 2.75) is 76.8 Å². The van der Waals surface area contributed by atoms with E-state index in [-0.39, 0.29) is 42.6 Å². The molecule has 0 spiro atoms. The van der Waals surface area contributed by atoms with Gasteiger partial charge in [-0.05, 0) is 75.5 Å². The second-order valence-electron chi connectivity index (χ2n) is 12.6. The number of nitrogens with zero attached hydrogens (tertiary/aromatic N) is 2. The van der Waals surface area contributed by atoms with Crippen LogP contribution in [-0.2, 0) is 25.6 Å². The predicted octanol–water partition coefficient (Wildman–Crippen LogP) is 5.33. The molecule has 2 saturated heterocycles. The molecule has 9 heteroatoms. The summed E-state index contributed by atoms with van der Waals surface area (Å²) in [7, 11) is 0. The largest absolute Gasteiger partial charge is 0.459 e. The van der Waals surface area contributed by atoms with Crippen LogP contribution < -0.4 is 4.90 Å². The van der Waals surface area contributed by atoms with E-state index in [0.717, 1.165) is 30.5 Å². The number of fused-ring (bicyclic) bond motifs is 1. The summed E-state index contributed by atoms with van der Waals surface area (Å²) in [5.41, 5.74) is 3.06. The number of aliphatic hydroxyl groups is 1. The van der Waals surface area contributed by atoms with E-state index in [1.807, 2.05) is 51.1 Å². The number of esters is 1. The predicted molar refractivity (Wildman–Crippen MR) is 163 cm³/mol. The molecule has 1 N–H and O–H groups in total. The molecular formula is C35H38N2O7. The highest BCUT2D eigenvalue weighted by molar-refractivity contribution is 6.34. The number of carbonyl (C=O) groups is 3. The van der Waals surface area contributed by atoms with E-state index in [2.05, 4.69) is 4.90 Å². The SMILES string of the molecule is CC(C)(C)OC(=O)[C@@H]1CCCN1C[C@H]1C[C@@H](c2ccc(CO)cc2)O[C@@H](c2cccc(N3C(=O)c4ccccc4C3=O)c2)O1. The lowest BCUT2D eigenvalue weighted by atomic mass is 9.99. The van der Waals surface area contributed by atoms with Crippen molar-refractivity contribution in [3.8, 4) is 0 Å². The van der Waals surface area contributed by atoms with Crippen LogP contribution in [0.5, 0.6) is 0 Å². The number of carbonyl (C=O) groups excluding carboxylic acids is 3. The van der Waals surface area contributed by atoms with Crippen LogP contribution in [0.2, 0.25) is 0 Å². The molecule has 3 aromatic carbocycles. The first-order valence-corrected chi connectivity index (χ1v) is 15.2. The summed E-state index contributed by atoms with van der Waals surface area (Å²) >= 11 is 0. The summed E-state index contributed by atoms with van der Waals surface area (Å²) in [5, 5.41) is 9.54. The van der Waals surface area contributed by atoms with E-state index >= 15 is 0 Å². The van der Waals surface area contributed by atoms with Crippen molar-refractivity contribution in [3.05, 3.63) is 101 Å². The molecule has 0 saturated carbocycles. The Kier molecular flexibility index (Phi) is 8.39. The zero-order chi connectivity index (χ0) is 31.0. The van der Waals surface area contributed by atoms with Crippen LogP contribution in [0.3, 0.4) is 0 Å². The Morgan fingerprint density at radius 1 is 0.932 bits per heavy atom. The van der Waals surface area contributed by atoms with Crippen LogP contribution in [0, 0.1) is 0 Å². The standard InChI is InChI=1S/C35H38N2O7/c1-35(2,3)44-33(41)29-12-7-17-36(29)20-26-19-30(23-15-13-22(21-38)14-16-23)43-34(42-26)24-8-6-9-25(18-24)37-31(39)27-10-4-5-11-28(27)32(37)40/h4-6,8-11,13-16,18,26,29-30,34,38H,7,12,17,19-21H2,1-3H3/t26-,29+,30+,34+/m1/s1. The molecule has 2 amide bonds. The minimum absolute atomic E-state index is 0.0498. The number of amides is 2. The molecule has 3 aliphatic heterocycles. The van der Waals surface area contributed by atoms with Crippen molar-refractivity contribution >= 4 is 23.5 Å². The quantitative estimate of drug-likeness (QED) is 0.287. The molecule has 230 valence electrons. The summed E-state index contributed by atoms with van der Waals surface area (Å²) in [5.74, 6) is -0.950. The molecule has 6 rings (SSSR count). The maximum Gasteiger partial charge on any atom is 0.323 e. The van der Waals surface area contributed by atoms with Gasteiger partial charge >= 0.3 is 5.97 Å². The Balaban J connectivity index is 1.26. The Bertz CT molecular complexity index is 1510. The van der Waals surface area contributed by atoms with Crippen molar-refractivity contribution in [1.29, 1.82) is 0 Å². The van der Waals surface area contributed by atoms with Gasteiger partial charge in [0.05, 0.1) is 35.6 Å². The molecule has 0 bridgehead atoms. The van der Waals surface area contributed by atoms with Crippen LogP contribution in [-0.4, -0.2) is 58.6 Å². The van der Waals surface area contributed by atoms with Crippen LogP contribution >= 0.6 is 0 Å².